The van der Waals surface area contributed by atoms with Crippen LogP contribution in [0.25, 0.3) is 11.3 Å². The molecular formula is C42H52F3N7O8. The molecule has 1 aromatic heterocycles. The van der Waals surface area contributed by atoms with Gasteiger partial charge in [0, 0.05) is 42.0 Å². The molecule has 0 radical (unpaired) electrons. The highest BCUT2D eigenvalue weighted by Crippen LogP contribution is 2.26. The monoisotopic (exact) mass is 839 g/mol. The van der Waals surface area contributed by atoms with E-state index in [2.05, 4.69) is 36.0 Å². The first-order chi connectivity index (χ1) is 28.8. The minimum atomic E-state index is -4.78. The molecule has 60 heavy (non-hydrogen) atoms. The quantitative estimate of drug-likeness (QED) is 0.0521. The molecule has 18 heteroatoms. The Morgan fingerprint density at radius 1 is 0.783 bits per heavy atom. The molecular weight excluding hydrogens is 787 g/mol. The van der Waals surface area contributed by atoms with Crippen LogP contribution in [0.1, 0.15) is 36.2 Å². The van der Waals surface area contributed by atoms with E-state index >= 15 is 0 Å². The van der Waals surface area contributed by atoms with Crippen molar-refractivity contribution in [1.29, 1.82) is 0 Å². The number of benzene rings is 3. The number of carbonyl (C=O) groups is 3. The predicted octanol–water partition coefficient (Wildman–Crippen LogP) is 4.14. The van der Waals surface area contributed by atoms with E-state index in [1.54, 1.807) is 30.3 Å². The number of hydrogen-bond acceptors (Lipinski definition) is 12. The highest BCUT2D eigenvalue weighted by Gasteiger charge is 2.31. The first-order valence-corrected chi connectivity index (χ1v) is 19.4. The molecule has 0 bridgehead atoms. The molecule has 4 aromatic rings. The van der Waals surface area contributed by atoms with E-state index in [0.29, 0.717) is 61.0 Å². The number of nitrogens with one attached hydrogen (secondary N) is 4. The van der Waals surface area contributed by atoms with Crippen molar-refractivity contribution in [3.63, 3.8) is 0 Å². The first-order valence-electron chi connectivity index (χ1n) is 19.4. The van der Waals surface area contributed by atoms with Crippen LogP contribution in [-0.2, 0) is 30.2 Å². The SMILES string of the molecule is CC(C)C[C@H](NC(=O)[C@@H](O)[C@H](N)Cc1ccccc1)C(=O)NCCOCCOCCOCCNC(=O)c1cccc(-c2cc(Nc3ccc(OC(F)(F)F)cc3)ncn2)c1. The van der Waals surface area contributed by atoms with Gasteiger partial charge in [0.05, 0.1) is 45.3 Å². The maximum absolute atomic E-state index is 12.9. The number of hydrogen-bond donors (Lipinski definition) is 6. The van der Waals surface area contributed by atoms with E-state index in [1.807, 2.05) is 44.2 Å². The van der Waals surface area contributed by atoms with Crippen molar-refractivity contribution in [2.75, 3.05) is 58.0 Å². The highest BCUT2D eigenvalue weighted by molar-refractivity contribution is 5.95. The van der Waals surface area contributed by atoms with E-state index in [4.69, 9.17) is 19.9 Å². The molecule has 15 nitrogen and oxygen atoms in total. The van der Waals surface area contributed by atoms with Gasteiger partial charge in [0.2, 0.25) is 5.91 Å². The van der Waals surface area contributed by atoms with Crippen LogP contribution in [0.5, 0.6) is 5.75 Å². The van der Waals surface area contributed by atoms with Crippen LogP contribution in [0.3, 0.4) is 0 Å². The second kappa shape index (κ2) is 24.4. The summed E-state index contributed by atoms with van der Waals surface area (Å²) in [5, 5.41) is 21.7. The fourth-order valence-electron chi connectivity index (χ4n) is 5.69. The van der Waals surface area contributed by atoms with Gasteiger partial charge in [-0.15, -0.1) is 13.2 Å². The Balaban J connectivity index is 1.05. The molecule has 0 saturated heterocycles. The number of alkyl halides is 3. The third-order valence-electron chi connectivity index (χ3n) is 8.60. The lowest BCUT2D eigenvalue weighted by Gasteiger charge is -2.24. The summed E-state index contributed by atoms with van der Waals surface area (Å²) in [7, 11) is 0. The number of ether oxygens (including phenoxy) is 4. The van der Waals surface area contributed by atoms with E-state index in [1.165, 1.54) is 30.6 Å². The van der Waals surface area contributed by atoms with Crippen molar-refractivity contribution in [2.45, 2.75) is 51.2 Å². The Kier molecular flexibility index (Phi) is 19.1. The molecule has 3 atom stereocenters. The lowest BCUT2D eigenvalue weighted by atomic mass is 10.00. The lowest BCUT2D eigenvalue weighted by Crippen LogP contribution is -2.54. The topological polar surface area (TPSA) is 208 Å². The van der Waals surface area contributed by atoms with Gasteiger partial charge in [0.1, 0.15) is 30.0 Å². The third-order valence-corrected chi connectivity index (χ3v) is 8.60. The van der Waals surface area contributed by atoms with Crippen LogP contribution < -0.4 is 31.7 Å². The molecule has 1 heterocycles. The van der Waals surface area contributed by atoms with Crippen molar-refractivity contribution in [2.24, 2.45) is 11.7 Å². The van der Waals surface area contributed by atoms with Crippen LogP contribution >= 0.6 is 0 Å². The summed E-state index contributed by atoms with van der Waals surface area (Å²) in [6.07, 6.45) is -4.25. The molecule has 0 saturated carbocycles. The van der Waals surface area contributed by atoms with Gasteiger partial charge < -0.3 is 51.1 Å². The van der Waals surface area contributed by atoms with Gasteiger partial charge in [-0.25, -0.2) is 9.97 Å². The van der Waals surface area contributed by atoms with Crippen LogP contribution in [0, 0.1) is 5.92 Å². The van der Waals surface area contributed by atoms with Crippen LogP contribution in [0.15, 0.2) is 91.3 Å². The Morgan fingerprint density at radius 2 is 1.43 bits per heavy atom. The average Bonchev–Trinajstić information content (AvgIpc) is 3.22. The van der Waals surface area contributed by atoms with Crippen molar-refractivity contribution < 1.29 is 51.6 Å². The number of rotatable bonds is 25. The molecule has 3 aromatic carbocycles. The number of nitrogens with two attached hydrogens (primary N) is 1. The number of aliphatic hydroxyl groups excluding tert-OH is 1. The van der Waals surface area contributed by atoms with Gasteiger partial charge in [-0.2, -0.15) is 0 Å². The summed E-state index contributed by atoms with van der Waals surface area (Å²) in [6.45, 7) is 6.00. The number of carbonyl (C=O) groups excluding carboxylic acids is 3. The van der Waals surface area contributed by atoms with Crippen molar-refractivity contribution in [3.8, 4) is 17.0 Å². The summed E-state index contributed by atoms with van der Waals surface area (Å²) < 4.78 is 57.8. The Labute approximate surface area is 346 Å². The number of halogens is 3. The zero-order valence-corrected chi connectivity index (χ0v) is 33.5. The lowest BCUT2D eigenvalue weighted by molar-refractivity contribution is -0.274. The zero-order valence-electron chi connectivity index (χ0n) is 33.5. The molecule has 0 aliphatic rings. The number of nitrogens with zero attached hydrogens (tertiary/aromatic N) is 2. The predicted molar refractivity (Wildman–Crippen MR) is 217 cm³/mol. The molecule has 0 aliphatic heterocycles. The van der Waals surface area contributed by atoms with Crippen molar-refractivity contribution in [3.05, 3.63) is 102 Å². The Morgan fingerprint density at radius 3 is 2.08 bits per heavy atom. The zero-order chi connectivity index (χ0) is 43.3. The second-order valence-electron chi connectivity index (χ2n) is 13.9. The Bertz CT molecular complexity index is 1920. The summed E-state index contributed by atoms with van der Waals surface area (Å²) in [4.78, 5) is 46.8. The van der Waals surface area contributed by atoms with Gasteiger partial charge in [0.15, 0.2) is 0 Å². The minimum absolute atomic E-state index is 0.103. The van der Waals surface area contributed by atoms with Gasteiger partial charge in [0.25, 0.3) is 11.8 Å². The second-order valence-corrected chi connectivity index (χ2v) is 13.9. The van der Waals surface area contributed by atoms with Crippen LogP contribution in [0.4, 0.5) is 24.7 Å². The molecule has 0 aliphatic carbocycles. The highest BCUT2D eigenvalue weighted by atomic mass is 19.4. The summed E-state index contributed by atoms with van der Waals surface area (Å²) >= 11 is 0. The molecule has 4 rings (SSSR count). The molecule has 0 spiro atoms. The van der Waals surface area contributed by atoms with Gasteiger partial charge in [-0.3, -0.25) is 14.4 Å². The number of aliphatic hydroxyl groups is 1. The maximum Gasteiger partial charge on any atom is 0.573 e. The third kappa shape index (κ3) is 17.3. The number of aromatic nitrogens is 2. The first kappa shape index (κ1) is 47.0. The van der Waals surface area contributed by atoms with Gasteiger partial charge >= 0.3 is 6.36 Å². The standard InChI is InChI=1S/C42H52F3N7O8/c1-28(2)23-36(52-41(56)38(53)34(46)24-29-7-4-3-5-8-29)40(55)48-16-18-58-20-22-59-21-19-57-17-15-47-39(54)31-10-6-9-30(25-31)35-26-37(50-27-49-35)51-32-11-13-33(14-12-32)60-42(43,44)45/h3-14,25-28,34,36,38,53H,15-24,46H2,1-2H3,(H,47,54)(H,48,55)(H,52,56)(H,49,50,51)/t34-,36+,38+/m1/s1. The Hall–Kier alpha value is -5.66. The van der Waals surface area contributed by atoms with E-state index in [9.17, 15) is 32.7 Å². The van der Waals surface area contributed by atoms with Gasteiger partial charge in [-0.05, 0) is 60.7 Å². The van der Waals surface area contributed by atoms with E-state index in [0.717, 1.165) is 5.56 Å². The molecule has 3 amide bonds. The average molecular weight is 840 g/mol. The minimum Gasteiger partial charge on any atom is -0.406 e. The van der Waals surface area contributed by atoms with Crippen molar-refractivity contribution >= 4 is 29.2 Å². The number of anilines is 2. The van der Waals surface area contributed by atoms with Crippen LogP contribution in [0.2, 0.25) is 0 Å². The fraction of sp³-hybridized carbons (Fsp3) is 0.405. The number of amides is 3. The summed E-state index contributed by atoms with van der Waals surface area (Å²) in [6, 6.07) is 21.3. The largest absolute Gasteiger partial charge is 0.573 e. The maximum atomic E-state index is 12.9. The molecule has 324 valence electrons. The molecule has 7 N–H and O–H groups in total. The summed E-state index contributed by atoms with van der Waals surface area (Å²) in [5.41, 5.74) is 9.03. The van der Waals surface area contributed by atoms with E-state index in [-0.39, 0.29) is 56.4 Å². The molecule has 0 unspecified atom stereocenters. The van der Waals surface area contributed by atoms with Crippen molar-refractivity contribution in [1.82, 2.24) is 25.9 Å². The normalized spacial score (nSPS) is 12.9. The van der Waals surface area contributed by atoms with Gasteiger partial charge in [-0.1, -0.05) is 56.3 Å². The fourth-order valence-corrected chi connectivity index (χ4v) is 5.69. The van der Waals surface area contributed by atoms with Crippen LogP contribution in [-0.4, -0.2) is 110 Å². The smallest absolute Gasteiger partial charge is 0.406 e. The van der Waals surface area contributed by atoms with E-state index < -0.39 is 30.5 Å². The molecule has 0 fully saturated rings. The summed E-state index contributed by atoms with van der Waals surface area (Å²) in [5.74, 6) is -1.24.